The summed E-state index contributed by atoms with van der Waals surface area (Å²) < 4.78 is 9.39. The maximum absolute atomic E-state index is 12.4. The number of carbonyl (C=O) groups is 4. The largest absolute Gasteiger partial charge is 0.468 e. The van der Waals surface area contributed by atoms with E-state index < -0.39 is 34.7 Å². The second-order valence-corrected chi connectivity index (χ2v) is 5.63. The zero-order chi connectivity index (χ0) is 15.8. The van der Waals surface area contributed by atoms with Gasteiger partial charge in [0.1, 0.15) is 22.9 Å². The zero-order valence-corrected chi connectivity index (χ0v) is 12.0. The van der Waals surface area contributed by atoms with Gasteiger partial charge in [0.2, 0.25) is 0 Å². The summed E-state index contributed by atoms with van der Waals surface area (Å²) in [6, 6.07) is 0. The standard InChI is InChI=1S/C14H18O7/c1-20-11(17)10-9(16)4-5-13(19)7-8(15)3-6-14(10,13)12(18)21-2/h10,19H,3-7H2,1-2H3. The van der Waals surface area contributed by atoms with Crippen LogP contribution < -0.4 is 0 Å². The van der Waals surface area contributed by atoms with Crippen LogP contribution >= 0.6 is 0 Å². The SMILES string of the molecule is COC(=O)C1C(=O)CCC2(O)CC(=O)CCC12C(=O)OC. The van der Waals surface area contributed by atoms with Crippen molar-refractivity contribution in [1.82, 2.24) is 0 Å². The molecule has 0 aliphatic heterocycles. The fourth-order valence-corrected chi connectivity index (χ4v) is 3.66. The van der Waals surface area contributed by atoms with Crippen LogP contribution in [-0.2, 0) is 28.7 Å². The smallest absolute Gasteiger partial charge is 0.317 e. The number of aliphatic hydroxyl groups is 1. The summed E-state index contributed by atoms with van der Waals surface area (Å²) in [6.07, 6.45) is -0.468. The molecular weight excluding hydrogens is 280 g/mol. The minimum absolute atomic E-state index is 0.0121. The molecule has 2 rings (SSSR count). The maximum Gasteiger partial charge on any atom is 0.317 e. The van der Waals surface area contributed by atoms with E-state index in [9.17, 15) is 24.3 Å². The van der Waals surface area contributed by atoms with Gasteiger partial charge in [-0.1, -0.05) is 0 Å². The number of rotatable bonds is 2. The number of ether oxygens (including phenoxy) is 2. The van der Waals surface area contributed by atoms with Crippen LogP contribution in [0.2, 0.25) is 0 Å². The molecule has 7 heteroatoms. The minimum Gasteiger partial charge on any atom is -0.468 e. The first-order chi connectivity index (χ1) is 9.82. The summed E-state index contributed by atoms with van der Waals surface area (Å²) in [7, 11) is 2.24. The van der Waals surface area contributed by atoms with Crippen molar-refractivity contribution < 1.29 is 33.8 Å². The lowest BCUT2D eigenvalue weighted by Gasteiger charge is -2.52. The molecule has 2 saturated carbocycles. The van der Waals surface area contributed by atoms with Crippen LogP contribution in [0, 0.1) is 11.3 Å². The Labute approximate surface area is 121 Å². The zero-order valence-electron chi connectivity index (χ0n) is 12.0. The Kier molecular flexibility index (Phi) is 3.88. The summed E-state index contributed by atoms with van der Waals surface area (Å²) in [4.78, 5) is 48.3. The number of esters is 2. The van der Waals surface area contributed by atoms with E-state index in [0.29, 0.717) is 0 Å². The average molecular weight is 298 g/mol. The molecular formula is C14H18O7. The van der Waals surface area contributed by atoms with Gasteiger partial charge >= 0.3 is 11.9 Å². The first kappa shape index (κ1) is 15.6. The van der Waals surface area contributed by atoms with E-state index in [1.54, 1.807) is 0 Å². The highest BCUT2D eigenvalue weighted by Gasteiger charge is 2.69. The fourth-order valence-electron chi connectivity index (χ4n) is 3.66. The van der Waals surface area contributed by atoms with E-state index in [2.05, 4.69) is 4.74 Å². The third-order valence-corrected chi connectivity index (χ3v) is 4.70. The van der Waals surface area contributed by atoms with Crippen molar-refractivity contribution in [3.05, 3.63) is 0 Å². The minimum atomic E-state index is -1.75. The van der Waals surface area contributed by atoms with Gasteiger partial charge in [0.25, 0.3) is 0 Å². The number of Topliss-reactive ketones (excluding diaryl/α,β-unsaturated/α-hetero) is 2. The Bertz CT molecular complexity index is 503. The number of hydrogen-bond acceptors (Lipinski definition) is 7. The van der Waals surface area contributed by atoms with Gasteiger partial charge in [0.15, 0.2) is 0 Å². The van der Waals surface area contributed by atoms with E-state index in [1.165, 1.54) is 0 Å². The van der Waals surface area contributed by atoms with Gasteiger partial charge in [-0.15, -0.1) is 0 Å². The molecule has 3 atom stereocenters. The molecule has 0 aromatic heterocycles. The van der Waals surface area contributed by atoms with Gasteiger partial charge in [-0.3, -0.25) is 19.2 Å². The summed E-state index contributed by atoms with van der Waals surface area (Å²) >= 11 is 0. The van der Waals surface area contributed by atoms with Crippen LogP contribution in [0.15, 0.2) is 0 Å². The maximum atomic E-state index is 12.4. The first-order valence-electron chi connectivity index (χ1n) is 6.75. The van der Waals surface area contributed by atoms with Crippen LogP contribution in [0.4, 0.5) is 0 Å². The van der Waals surface area contributed by atoms with E-state index in [1.807, 2.05) is 0 Å². The summed E-state index contributed by atoms with van der Waals surface area (Å²) in [5.74, 6) is -3.82. The van der Waals surface area contributed by atoms with Crippen molar-refractivity contribution in [1.29, 1.82) is 0 Å². The van der Waals surface area contributed by atoms with Crippen molar-refractivity contribution in [2.45, 2.75) is 37.7 Å². The highest BCUT2D eigenvalue weighted by Crippen LogP contribution is 2.55. The number of fused-ring (bicyclic) bond motifs is 1. The topological polar surface area (TPSA) is 107 Å². The normalized spacial score (nSPS) is 35.9. The highest BCUT2D eigenvalue weighted by atomic mass is 16.5. The molecule has 0 aromatic rings. The number of methoxy groups -OCH3 is 2. The first-order valence-corrected chi connectivity index (χ1v) is 6.75. The third kappa shape index (κ3) is 2.07. The Hall–Kier alpha value is -1.76. The molecule has 2 aliphatic carbocycles. The average Bonchev–Trinajstić information content (AvgIpc) is 2.46. The lowest BCUT2D eigenvalue weighted by atomic mass is 9.51. The van der Waals surface area contributed by atoms with Crippen LogP contribution in [0.3, 0.4) is 0 Å². The van der Waals surface area contributed by atoms with E-state index >= 15 is 0 Å². The molecule has 3 unspecified atom stereocenters. The molecule has 2 fully saturated rings. The molecule has 0 bridgehead atoms. The lowest BCUT2D eigenvalue weighted by Crippen LogP contribution is -2.66. The second kappa shape index (κ2) is 5.22. The molecule has 0 heterocycles. The monoisotopic (exact) mass is 298 g/mol. The van der Waals surface area contributed by atoms with Crippen molar-refractivity contribution in [3.8, 4) is 0 Å². The molecule has 0 aromatic carbocycles. The van der Waals surface area contributed by atoms with E-state index in [4.69, 9.17) is 4.74 Å². The van der Waals surface area contributed by atoms with Crippen molar-refractivity contribution in [2.24, 2.45) is 11.3 Å². The third-order valence-electron chi connectivity index (χ3n) is 4.70. The molecule has 0 amide bonds. The van der Waals surface area contributed by atoms with Crippen molar-refractivity contribution in [3.63, 3.8) is 0 Å². The number of carbonyl (C=O) groups excluding carboxylic acids is 4. The Morgan fingerprint density at radius 2 is 1.81 bits per heavy atom. The molecule has 2 aliphatic rings. The van der Waals surface area contributed by atoms with Crippen LogP contribution in [0.25, 0.3) is 0 Å². The highest BCUT2D eigenvalue weighted by molar-refractivity contribution is 6.06. The van der Waals surface area contributed by atoms with Crippen LogP contribution in [0.5, 0.6) is 0 Å². The predicted octanol–water partition coefficient (Wildman–Crippen LogP) is -0.218. The summed E-state index contributed by atoms with van der Waals surface area (Å²) in [5.41, 5.74) is -3.49. The van der Waals surface area contributed by atoms with Crippen LogP contribution in [-0.4, -0.2) is 48.4 Å². The number of hydrogen-bond donors (Lipinski definition) is 1. The summed E-state index contributed by atoms with van der Waals surface area (Å²) in [6.45, 7) is 0. The van der Waals surface area contributed by atoms with Gasteiger partial charge in [0, 0.05) is 19.3 Å². The Morgan fingerprint density at radius 1 is 1.14 bits per heavy atom. The number of ketones is 2. The van der Waals surface area contributed by atoms with Gasteiger partial charge in [-0.2, -0.15) is 0 Å². The fraction of sp³-hybridized carbons (Fsp3) is 0.714. The van der Waals surface area contributed by atoms with Gasteiger partial charge in [-0.25, -0.2) is 0 Å². The predicted molar refractivity (Wildman–Crippen MR) is 68.0 cm³/mol. The molecule has 21 heavy (non-hydrogen) atoms. The Balaban J connectivity index is 2.61. The van der Waals surface area contributed by atoms with E-state index in [0.717, 1.165) is 14.2 Å². The lowest BCUT2D eigenvalue weighted by molar-refractivity contribution is -0.209. The van der Waals surface area contributed by atoms with Gasteiger partial charge in [0.05, 0.1) is 19.8 Å². The van der Waals surface area contributed by atoms with Gasteiger partial charge in [-0.05, 0) is 12.8 Å². The quantitative estimate of drug-likeness (QED) is 0.555. The molecule has 7 nitrogen and oxygen atoms in total. The Morgan fingerprint density at radius 3 is 2.38 bits per heavy atom. The summed E-state index contributed by atoms with van der Waals surface area (Å²) in [5, 5.41) is 10.9. The molecule has 0 spiro atoms. The molecule has 0 radical (unpaired) electrons. The van der Waals surface area contributed by atoms with Crippen molar-refractivity contribution >= 4 is 23.5 Å². The second-order valence-electron chi connectivity index (χ2n) is 5.63. The van der Waals surface area contributed by atoms with Crippen LogP contribution in [0.1, 0.15) is 32.1 Å². The molecule has 1 N–H and O–H groups in total. The van der Waals surface area contributed by atoms with Crippen molar-refractivity contribution in [2.75, 3.05) is 14.2 Å². The van der Waals surface area contributed by atoms with Gasteiger partial charge < -0.3 is 14.6 Å². The molecule has 116 valence electrons. The van der Waals surface area contributed by atoms with E-state index in [-0.39, 0.29) is 37.9 Å². The molecule has 0 saturated heterocycles.